The topological polar surface area (TPSA) is 32.3 Å². The van der Waals surface area contributed by atoms with Crippen molar-refractivity contribution in [1.82, 2.24) is 15.1 Å². The zero-order chi connectivity index (χ0) is 16.2. The third-order valence-corrected chi connectivity index (χ3v) is 4.74. The Hall–Kier alpha value is -1.94. The van der Waals surface area contributed by atoms with Crippen molar-refractivity contribution < 1.29 is 0 Å². The van der Waals surface area contributed by atoms with Crippen LogP contribution in [-0.4, -0.2) is 42.3 Å². The Bertz CT molecular complexity index is 613. The van der Waals surface area contributed by atoms with Crippen LogP contribution >= 0.6 is 0 Å². The number of benzene rings is 1. The van der Waals surface area contributed by atoms with Gasteiger partial charge in [-0.25, -0.2) is 0 Å². The molecule has 0 unspecified atom stereocenters. The zero-order valence-electron chi connectivity index (χ0n) is 14.4. The number of hydrogen-bond acceptors (Lipinski definition) is 4. The number of likely N-dealkylation sites (tertiary alicyclic amines) is 1. The van der Waals surface area contributed by atoms with E-state index in [4.69, 9.17) is 0 Å². The van der Waals surface area contributed by atoms with Gasteiger partial charge in [-0.2, -0.15) is 0 Å². The molecule has 2 heterocycles. The van der Waals surface area contributed by atoms with E-state index in [1.165, 1.54) is 37.9 Å². The molecule has 122 valence electrons. The lowest BCUT2D eigenvalue weighted by Crippen LogP contribution is -2.32. The summed E-state index contributed by atoms with van der Waals surface area (Å²) in [5.74, 6) is 0.879. The van der Waals surface area contributed by atoms with Crippen molar-refractivity contribution >= 4 is 5.82 Å². The first-order valence-corrected chi connectivity index (χ1v) is 8.50. The zero-order valence-corrected chi connectivity index (χ0v) is 14.4. The number of rotatable bonds is 4. The van der Waals surface area contributed by atoms with E-state index in [0.29, 0.717) is 6.04 Å². The molecule has 1 atom stereocenters. The van der Waals surface area contributed by atoms with Crippen molar-refractivity contribution in [1.29, 1.82) is 0 Å². The van der Waals surface area contributed by atoms with Crippen LogP contribution < -0.4 is 4.90 Å². The minimum Gasteiger partial charge on any atom is -0.361 e. The molecule has 0 N–H and O–H groups in total. The van der Waals surface area contributed by atoms with Crippen LogP contribution in [0.15, 0.2) is 36.4 Å². The van der Waals surface area contributed by atoms with Crippen LogP contribution in [0.5, 0.6) is 0 Å². The lowest BCUT2D eigenvalue weighted by atomic mass is 10.0. The molecule has 4 heteroatoms. The average Bonchev–Trinajstić information content (AvgIpc) is 2.62. The van der Waals surface area contributed by atoms with Crippen LogP contribution in [0.1, 0.15) is 37.8 Å². The summed E-state index contributed by atoms with van der Waals surface area (Å²) >= 11 is 0. The van der Waals surface area contributed by atoms with Gasteiger partial charge < -0.3 is 4.90 Å². The van der Waals surface area contributed by atoms with Crippen LogP contribution in [0.25, 0.3) is 11.3 Å². The molecular weight excluding hydrogens is 284 g/mol. The standard InChI is InChI=1S/C19H26N4/c1-15(23-13-5-4-6-14-23)16-7-9-17(10-8-16)18-11-12-19(21-20-18)22(2)3/h7-12,15H,4-6,13-14H2,1-3H3/t15-/m0/s1. The second-order valence-corrected chi connectivity index (χ2v) is 6.57. The largest absolute Gasteiger partial charge is 0.361 e. The van der Waals surface area contributed by atoms with E-state index in [1.54, 1.807) is 0 Å². The van der Waals surface area contributed by atoms with Gasteiger partial charge in [0.25, 0.3) is 0 Å². The second-order valence-electron chi connectivity index (χ2n) is 6.57. The molecular formula is C19H26N4. The maximum absolute atomic E-state index is 4.33. The van der Waals surface area contributed by atoms with E-state index in [-0.39, 0.29) is 0 Å². The Morgan fingerprint density at radius 2 is 1.61 bits per heavy atom. The highest BCUT2D eigenvalue weighted by Crippen LogP contribution is 2.26. The molecule has 3 rings (SSSR count). The van der Waals surface area contributed by atoms with Gasteiger partial charge in [0.05, 0.1) is 5.69 Å². The van der Waals surface area contributed by atoms with Crippen LogP contribution in [0.4, 0.5) is 5.82 Å². The van der Waals surface area contributed by atoms with Crippen LogP contribution in [-0.2, 0) is 0 Å². The Kier molecular flexibility index (Phi) is 4.91. The molecule has 2 aromatic rings. The number of piperidine rings is 1. The maximum Gasteiger partial charge on any atom is 0.150 e. The van der Waals surface area contributed by atoms with Gasteiger partial charge in [0.15, 0.2) is 5.82 Å². The molecule has 1 fully saturated rings. The van der Waals surface area contributed by atoms with Crippen molar-refractivity contribution in [3.63, 3.8) is 0 Å². The highest BCUT2D eigenvalue weighted by molar-refractivity contribution is 5.60. The van der Waals surface area contributed by atoms with Gasteiger partial charge in [0, 0.05) is 25.7 Å². The fraction of sp³-hybridized carbons (Fsp3) is 0.474. The van der Waals surface area contributed by atoms with Gasteiger partial charge in [-0.05, 0) is 50.6 Å². The summed E-state index contributed by atoms with van der Waals surface area (Å²) in [6, 6.07) is 13.3. The van der Waals surface area contributed by atoms with E-state index in [0.717, 1.165) is 17.1 Å². The molecule has 1 aliphatic heterocycles. The van der Waals surface area contributed by atoms with Crippen molar-refractivity contribution in [3.8, 4) is 11.3 Å². The third-order valence-electron chi connectivity index (χ3n) is 4.74. The van der Waals surface area contributed by atoms with Crippen molar-refractivity contribution in [2.75, 3.05) is 32.1 Å². The van der Waals surface area contributed by atoms with E-state index in [9.17, 15) is 0 Å². The van der Waals surface area contributed by atoms with Crippen LogP contribution in [0.2, 0.25) is 0 Å². The van der Waals surface area contributed by atoms with E-state index in [2.05, 4.69) is 46.3 Å². The monoisotopic (exact) mass is 310 g/mol. The first-order chi connectivity index (χ1) is 11.1. The maximum atomic E-state index is 4.33. The molecule has 4 nitrogen and oxygen atoms in total. The fourth-order valence-corrected chi connectivity index (χ4v) is 3.17. The first kappa shape index (κ1) is 15.9. The Balaban J connectivity index is 1.73. The normalized spacial score (nSPS) is 17.0. The van der Waals surface area contributed by atoms with Crippen LogP contribution in [0.3, 0.4) is 0 Å². The Morgan fingerprint density at radius 1 is 0.913 bits per heavy atom. The second kappa shape index (κ2) is 7.09. The first-order valence-electron chi connectivity index (χ1n) is 8.50. The minimum atomic E-state index is 0.492. The molecule has 0 amide bonds. The minimum absolute atomic E-state index is 0.492. The molecule has 23 heavy (non-hydrogen) atoms. The van der Waals surface area contributed by atoms with Crippen molar-refractivity contribution in [2.24, 2.45) is 0 Å². The van der Waals surface area contributed by atoms with Gasteiger partial charge in [0.2, 0.25) is 0 Å². The summed E-state index contributed by atoms with van der Waals surface area (Å²) in [6.07, 6.45) is 4.04. The lowest BCUT2D eigenvalue weighted by molar-refractivity contribution is 0.175. The molecule has 1 saturated heterocycles. The number of hydrogen-bond donors (Lipinski definition) is 0. The molecule has 0 saturated carbocycles. The number of aromatic nitrogens is 2. The lowest BCUT2D eigenvalue weighted by Gasteiger charge is -2.32. The van der Waals surface area contributed by atoms with Crippen molar-refractivity contribution in [3.05, 3.63) is 42.0 Å². The summed E-state index contributed by atoms with van der Waals surface area (Å²) in [5.41, 5.74) is 3.43. The summed E-state index contributed by atoms with van der Waals surface area (Å²) in [7, 11) is 3.95. The smallest absolute Gasteiger partial charge is 0.150 e. The van der Waals surface area contributed by atoms with Gasteiger partial charge in [-0.3, -0.25) is 4.90 Å². The predicted octanol–water partition coefficient (Wildman–Crippen LogP) is 3.76. The Labute approximate surface area is 139 Å². The summed E-state index contributed by atoms with van der Waals surface area (Å²) in [5, 5.41) is 8.59. The predicted molar refractivity (Wildman–Crippen MR) is 95.6 cm³/mol. The average molecular weight is 310 g/mol. The highest BCUT2D eigenvalue weighted by Gasteiger charge is 2.18. The molecule has 0 spiro atoms. The SMILES string of the molecule is C[C@@H](c1ccc(-c2ccc(N(C)C)nn2)cc1)N1CCCCC1. The quantitative estimate of drug-likeness (QED) is 0.861. The van der Waals surface area contributed by atoms with E-state index < -0.39 is 0 Å². The molecule has 0 radical (unpaired) electrons. The fourth-order valence-electron chi connectivity index (χ4n) is 3.17. The summed E-state index contributed by atoms with van der Waals surface area (Å²) in [4.78, 5) is 4.55. The third kappa shape index (κ3) is 3.70. The van der Waals surface area contributed by atoms with Gasteiger partial charge in [-0.1, -0.05) is 30.7 Å². The van der Waals surface area contributed by atoms with Gasteiger partial charge in [0.1, 0.15) is 0 Å². The van der Waals surface area contributed by atoms with Crippen LogP contribution in [0, 0.1) is 0 Å². The summed E-state index contributed by atoms with van der Waals surface area (Å²) in [6.45, 7) is 4.76. The van der Waals surface area contributed by atoms with Crippen molar-refractivity contribution in [2.45, 2.75) is 32.2 Å². The molecule has 0 aliphatic carbocycles. The van der Waals surface area contributed by atoms with E-state index in [1.807, 2.05) is 31.1 Å². The molecule has 1 aliphatic rings. The molecule has 0 bridgehead atoms. The number of anilines is 1. The number of nitrogens with zero attached hydrogens (tertiary/aromatic N) is 4. The van der Waals surface area contributed by atoms with Gasteiger partial charge in [-0.15, -0.1) is 10.2 Å². The van der Waals surface area contributed by atoms with E-state index >= 15 is 0 Å². The summed E-state index contributed by atoms with van der Waals surface area (Å²) < 4.78 is 0. The Morgan fingerprint density at radius 3 is 2.17 bits per heavy atom. The molecule has 1 aromatic heterocycles. The molecule has 1 aromatic carbocycles. The van der Waals surface area contributed by atoms with Gasteiger partial charge >= 0.3 is 0 Å². The highest BCUT2D eigenvalue weighted by atomic mass is 15.2.